The molecule has 0 radical (unpaired) electrons. The summed E-state index contributed by atoms with van der Waals surface area (Å²) in [7, 11) is 9.11. The minimum atomic E-state index is 0. The number of hydrogen-bond acceptors (Lipinski definition) is 5. The highest BCUT2D eigenvalue weighted by atomic mass is 127. The van der Waals surface area contributed by atoms with Crippen LogP contribution in [0.1, 0.15) is 17.4 Å². The molecule has 1 aromatic carbocycles. The van der Waals surface area contributed by atoms with Gasteiger partial charge in [-0.3, -0.25) is 9.89 Å². The normalized spacial score (nSPS) is 12.3. The molecule has 8 heteroatoms. The second kappa shape index (κ2) is 12.5. The number of benzene rings is 1. The molecular weight excluding hydrogens is 471 g/mol. The van der Waals surface area contributed by atoms with Gasteiger partial charge in [0, 0.05) is 20.1 Å². The Morgan fingerprint density at radius 3 is 2.46 bits per heavy atom. The van der Waals surface area contributed by atoms with E-state index in [1.165, 1.54) is 0 Å². The molecule has 28 heavy (non-hydrogen) atoms. The third-order valence-electron chi connectivity index (χ3n) is 4.34. The Hall–Kier alpha value is -1.94. The number of hydrogen-bond donors (Lipinski definition) is 2. The Balaban J connectivity index is 0.00000392. The fourth-order valence-electron chi connectivity index (χ4n) is 2.79. The van der Waals surface area contributed by atoms with Crippen molar-refractivity contribution in [2.24, 2.45) is 4.99 Å². The lowest BCUT2D eigenvalue weighted by molar-refractivity contribution is 0.258. The van der Waals surface area contributed by atoms with Crippen LogP contribution < -0.4 is 20.1 Å². The molecule has 2 rings (SSSR count). The zero-order valence-corrected chi connectivity index (χ0v) is 19.5. The topological polar surface area (TPSA) is 71.3 Å². The molecule has 1 unspecified atom stereocenters. The Morgan fingerprint density at radius 1 is 1.14 bits per heavy atom. The number of halogens is 1. The molecule has 156 valence electrons. The average molecular weight is 502 g/mol. The van der Waals surface area contributed by atoms with E-state index < -0.39 is 0 Å². The number of guanidine groups is 1. The largest absolute Gasteiger partial charge is 0.493 e. The van der Waals surface area contributed by atoms with Crippen LogP contribution in [0, 0.1) is 0 Å². The van der Waals surface area contributed by atoms with E-state index in [0.29, 0.717) is 6.54 Å². The number of nitrogens with zero attached hydrogens (tertiary/aromatic N) is 2. The molecule has 0 spiro atoms. The van der Waals surface area contributed by atoms with Crippen molar-refractivity contribution < 1.29 is 13.9 Å². The summed E-state index contributed by atoms with van der Waals surface area (Å²) in [5, 5.41) is 6.70. The number of nitrogens with one attached hydrogen (secondary N) is 2. The van der Waals surface area contributed by atoms with Crippen LogP contribution >= 0.6 is 24.0 Å². The highest BCUT2D eigenvalue weighted by molar-refractivity contribution is 14.0. The van der Waals surface area contributed by atoms with Gasteiger partial charge in [0.05, 0.1) is 26.5 Å². The fourth-order valence-corrected chi connectivity index (χ4v) is 2.79. The number of ether oxygens (including phenoxy) is 2. The van der Waals surface area contributed by atoms with E-state index in [1.807, 2.05) is 44.4 Å². The highest BCUT2D eigenvalue weighted by Gasteiger charge is 2.17. The molecule has 2 N–H and O–H groups in total. The van der Waals surface area contributed by atoms with E-state index in [0.717, 1.165) is 41.7 Å². The van der Waals surface area contributed by atoms with Crippen LogP contribution in [0.15, 0.2) is 46.0 Å². The second-order valence-corrected chi connectivity index (χ2v) is 6.31. The standard InChI is InChI=1S/C20H30N4O3.HI/c1-21-20(23-14-16(24(2)3)17-7-6-12-27-17)22-11-10-15-8-9-18(25-4)19(13-15)26-5;/h6-9,12-13,16H,10-11,14H2,1-5H3,(H2,21,22,23);1H. The maximum absolute atomic E-state index is 5.54. The maximum Gasteiger partial charge on any atom is 0.191 e. The lowest BCUT2D eigenvalue weighted by Gasteiger charge is -2.23. The number of methoxy groups -OCH3 is 2. The van der Waals surface area contributed by atoms with Gasteiger partial charge < -0.3 is 24.5 Å². The summed E-state index contributed by atoms with van der Waals surface area (Å²) >= 11 is 0. The van der Waals surface area contributed by atoms with Gasteiger partial charge in [0.25, 0.3) is 0 Å². The Morgan fingerprint density at radius 2 is 1.89 bits per heavy atom. The van der Waals surface area contributed by atoms with Gasteiger partial charge in [-0.15, -0.1) is 24.0 Å². The first-order chi connectivity index (χ1) is 13.1. The van der Waals surface area contributed by atoms with Crippen molar-refractivity contribution in [2.45, 2.75) is 12.5 Å². The van der Waals surface area contributed by atoms with Crippen LogP contribution in [-0.4, -0.2) is 59.3 Å². The molecule has 0 aliphatic rings. The van der Waals surface area contributed by atoms with Gasteiger partial charge in [-0.05, 0) is 50.3 Å². The monoisotopic (exact) mass is 502 g/mol. The Bertz CT molecular complexity index is 720. The molecule has 0 fully saturated rings. The van der Waals surface area contributed by atoms with Crippen molar-refractivity contribution in [1.82, 2.24) is 15.5 Å². The lowest BCUT2D eigenvalue weighted by atomic mass is 10.1. The minimum Gasteiger partial charge on any atom is -0.493 e. The second-order valence-electron chi connectivity index (χ2n) is 6.31. The molecular formula is C20H31IN4O3. The van der Waals surface area contributed by atoms with Crippen molar-refractivity contribution >= 4 is 29.9 Å². The number of likely N-dealkylation sites (N-methyl/N-ethyl adjacent to an activating group) is 1. The molecule has 0 amide bonds. The molecule has 1 aromatic heterocycles. The number of rotatable bonds is 9. The molecule has 0 bridgehead atoms. The first-order valence-electron chi connectivity index (χ1n) is 8.94. The van der Waals surface area contributed by atoms with Crippen LogP contribution in [0.4, 0.5) is 0 Å². The van der Waals surface area contributed by atoms with Crippen LogP contribution in [0.2, 0.25) is 0 Å². The van der Waals surface area contributed by atoms with Gasteiger partial charge in [-0.1, -0.05) is 6.07 Å². The van der Waals surface area contributed by atoms with Crippen molar-refractivity contribution in [2.75, 3.05) is 48.5 Å². The van der Waals surface area contributed by atoms with Crippen LogP contribution in [0.25, 0.3) is 0 Å². The number of furan rings is 1. The first kappa shape index (κ1) is 24.1. The van der Waals surface area contributed by atoms with Gasteiger partial charge in [0.15, 0.2) is 17.5 Å². The Kier molecular flexibility index (Phi) is 10.8. The summed E-state index contributed by atoms with van der Waals surface area (Å²) in [6.07, 6.45) is 2.54. The molecule has 7 nitrogen and oxygen atoms in total. The zero-order chi connectivity index (χ0) is 19.6. The smallest absolute Gasteiger partial charge is 0.191 e. The van der Waals surface area contributed by atoms with Crippen LogP contribution in [0.5, 0.6) is 11.5 Å². The molecule has 0 aliphatic carbocycles. The molecule has 0 aliphatic heterocycles. The van der Waals surface area contributed by atoms with Crippen molar-refractivity contribution in [3.05, 3.63) is 47.9 Å². The van der Waals surface area contributed by atoms with Gasteiger partial charge in [-0.25, -0.2) is 0 Å². The molecule has 0 saturated heterocycles. The van der Waals surface area contributed by atoms with Gasteiger partial charge in [0.2, 0.25) is 0 Å². The highest BCUT2D eigenvalue weighted by Crippen LogP contribution is 2.27. The van der Waals surface area contributed by atoms with Crippen LogP contribution in [-0.2, 0) is 6.42 Å². The zero-order valence-electron chi connectivity index (χ0n) is 17.2. The quantitative estimate of drug-likeness (QED) is 0.312. The van der Waals surface area contributed by atoms with Gasteiger partial charge in [-0.2, -0.15) is 0 Å². The molecule has 2 aromatic rings. The summed E-state index contributed by atoms with van der Waals surface area (Å²) in [5.41, 5.74) is 1.16. The maximum atomic E-state index is 5.54. The SMILES string of the molecule is CN=C(NCCc1ccc(OC)c(OC)c1)NCC(c1ccco1)N(C)C.I. The lowest BCUT2D eigenvalue weighted by Crippen LogP contribution is -2.42. The third kappa shape index (κ3) is 6.90. The van der Waals surface area contributed by atoms with Gasteiger partial charge in [0.1, 0.15) is 5.76 Å². The summed E-state index contributed by atoms with van der Waals surface area (Å²) in [5.74, 6) is 3.16. The van der Waals surface area contributed by atoms with Crippen molar-refractivity contribution in [1.29, 1.82) is 0 Å². The van der Waals surface area contributed by atoms with Crippen molar-refractivity contribution in [3.8, 4) is 11.5 Å². The third-order valence-corrected chi connectivity index (χ3v) is 4.34. The van der Waals surface area contributed by atoms with E-state index in [-0.39, 0.29) is 30.0 Å². The van der Waals surface area contributed by atoms with Gasteiger partial charge >= 0.3 is 0 Å². The number of aliphatic imine (C=N–C) groups is 1. The van der Waals surface area contributed by atoms with E-state index >= 15 is 0 Å². The minimum absolute atomic E-state index is 0. The van der Waals surface area contributed by atoms with E-state index in [9.17, 15) is 0 Å². The molecule has 0 saturated carbocycles. The summed E-state index contributed by atoms with van der Waals surface area (Å²) < 4.78 is 16.2. The summed E-state index contributed by atoms with van der Waals surface area (Å²) in [4.78, 5) is 6.41. The van der Waals surface area contributed by atoms with E-state index in [4.69, 9.17) is 13.9 Å². The van der Waals surface area contributed by atoms with E-state index in [2.05, 4.69) is 20.5 Å². The summed E-state index contributed by atoms with van der Waals surface area (Å²) in [6.45, 7) is 1.44. The molecule has 1 heterocycles. The van der Waals surface area contributed by atoms with E-state index in [1.54, 1.807) is 27.5 Å². The predicted octanol–water partition coefficient (Wildman–Crippen LogP) is 2.93. The Labute approximate surface area is 184 Å². The molecule has 1 atom stereocenters. The fraction of sp³-hybridized carbons (Fsp3) is 0.450. The first-order valence-corrected chi connectivity index (χ1v) is 8.94. The summed E-state index contributed by atoms with van der Waals surface area (Å²) in [6, 6.07) is 9.98. The van der Waals surface area contributed by atoms with Crippen LogP contribution in [0.3, 0.4) is 0 Å². The predicted molar refractivity (Wildman–Crippen MR) is 123 cm³/mol. The average Bonchev–Trinajstić information content (AvgIpc) is 3.20. The van der Waals surface area contributed by atoms with Crippen molar-refractivity contribution in [3.63, 3.8) is 0 Å².